The van der Waals surface area contributed by atoms with Crippen molar-refractivity contribution in [1.29, 1.82) is 0 Å². The zero-order chi connectivity index (χ0) is 16.4. The van der Waals surface area contributed by atoms with Crippen LogP contribution in [0.1, 0.15) is 64.7 Å². The Morgan fingerprint density at radius 1 is 1.05 bits per heavy atom. The van der Waals surface area contributed by atoms with Gasteiger partial charge < -0.3 is 10.4 Å². The van der Waals surface area contributed by atoms with E-state index in [1.165, 1.54) is 5.56 Å². The molecule has 2 N–H and O–H groups in total. The highest BCUT2D eigenvalue weighted by Crippen LogP contribution is 2.40. The summed E-state index contributed by atoms with van der Waals surface area (Å²) in [5.41, 5.74) is 4.22. The first-order chi connectivity index (χ1) is 9.46. The summed E-state index contributed by atoms with van der Waals surface area (Å²) < 4.78 is 0. The summed E-state index contributed by atoms with van der Waals surface area (Å²) in [6.45, 7) is 16.8. The summed E-state index contributed by atoms with van der Waals surface area (Å²) in [6, 6.07) is 4.29. The van der Waals surface area contributed by atoms with Crippen LogP contribution in [-0.4, -0.2) is 12.2 Å². The first kappa shape index (κ1) is 17.6. The van der Waals surface area contributed by atoms with Crippen molar-refractivity contribution in [2.24, 2.45) is 0 Å². The molecule has 0 aliphatic heterocycles. The summed E-state index contributed by atoms with van der Waals surface area (Å²) in [5, 5.41) is 13.8. The van der Waals surface area contributed by atoms with Gasteiger partial charge in [0.15, 0.2) is 0 Å². The molecule has 0 radical (unpaired) electrons. The standard InChI is InChI=1S/C19H31NO/c1-13(20-8)9-10-14-11-15(18(2,3)4)17(21)16(12-14)19(5,6)7/h11-12,20-21H,1,9-10H2,2-8H3. The number of phenols is 1. The zero-order valence-corrected chi connectivity index (χ0v) is 14.7. The fourth-order valence-corrected chi connectivity index (χ4v) is 2.40. The Bertz CT molecular complexity index is 480. The smallest absolute Gasteiger partial charge is 0.123 e. The lowest BCUT2D eigenvalue weighted by atomic mass is 9.78. The van der Waals surface area contributed by atoms with Gasteiger partial charge in [-0.2, -0.15) is 0 Å². The highest BCUT2D eigenvalue weighted by molar-refractivity contribution is 5.50. The van der Waals surface area contributed by atoms with E-state index < -0.39 is 0 Å². The molecule has 0 saturated heterocycles. The fourth-order valence-electron chi connectivity index (χ4n) is 2.40. The molecule has 0 bridgehead atoms. The summed E-state index contributed by atoms with van der Waals surface area (Å²) >= 11 is 0. The van der Waals surface area contributed by atoms with E-state index in [1.54, 1.807) is 0 Å². The van der Waals surface area contributed by atoms with E-state index in [0.717, 1.165) is 29.7 Å². The van der Waals surface area contributed by atoms with Gasteiger partial charge >= 0.3 is 0 Å². The Morgan fingerprint density at radius 3 is 1.81 bits per heavy atom. The average molecular weight is 289 g/mol. The van der Waals surface area contributed by atoms with E-state index in [2.05, 4.69) is 65.6 Å². The second-order valence-corrected chi connectivity index (χ2v) is 7.89. The van der Waals surface area contributed by atoms with E-state index in [9.17, 15) is 5.11 Å². The van der Waals surface area contributed by atoms with Gasteiger partial charge in [-0.25, -0.2) is 0 Å². The zero-order valence-electron chi connectivity index (χ0n) is 14.7. The normalized spacial score (nSPS) is 12.3. The Morgan fingerprint density at radius 2 is 1.48 bits per heavy atom. The number of aromatic hydroxyl groups is 1. The molecule has 0 heterocycles. The van der Waals surface area contributed by atoms with Crippen LogP contribution in [0.4, 0.5) is 0 Å². The lowest BCUT2D eigenvalue weighted by molar-refractivity contribution is 0.422. The SMILES string of the molecule is C=C(CCc1cc(C(C)(C)C)c(O)c(C(C)(C)C)c1)NC. The van der Waals surface area contributed by atoms with Gasteiger partial charge in [0.1, 0.15) is 5.75 Å². The molecule has 0 fully saturated rings. The van der Waals surface area contributed by atoms with Crippen LogP contribution in [0.25, 0.3) is 0 Å². The van der Waals surface area contributed by atoms with Crippen molar-refractivity contribution >= 4 is 0 Å². The topological polar surface area (TPSA) is 32.3 Å². The van der Waals surface area contributed by atoms with Gasteiger partial charge in [-0.15, -0.1) is 0 Å². The first-order valence-corrected chi connectivity index (χ1v) is 7.69. The molecule has 0 aromatic heterocycles. The van der Waals surface area contributed by atoms with Crippen molar-refractivity contribution in [3.63, 3.8) is 0 Å². The van der Waals surface area contributed by atoms with Crippen molar-refractivity contribution in [2.45, 2.75) is 65.2 Å². The Labute approximate surface area is 130 Å². The number of allylic oxidation sites excluding steroid dienone is 1. The molecule has 0 saturated carbocycles. The minimum Gasteiger partial charge on any atom is -0.507 e. The van der Waals surface area contributed by atoms with E-state index in [1.807, 2.05) is 7.05 Å². The molecule has 2 nitrogen and oxygen atoms in total. The lowest BCUT2D eigenvalue weighted by Crippen LogP contribution is -2.18. The van der Waals surface area contributed by atoms with Gasteiger partial charge in [-0.1, -0.05) is 60.3 Å². The van der Waals surface area contributed by atoms with Crippen LogP contribution in [-0.2, 0) is 17.3 Å². The third-order valence-corrected chi connectivity index (χ3v) is 3.85. The maximum absolute atomic E-state index is 10.7. The molecule has 0 spiro atoms. The molecule has 118 valence electrons. The minimum atomic E-state index is -0.0693. The highest BCUT2D eigenvalue weighted by Gasteiger charge is 2.26. The van der Waals surface area contributed by atoms with Gasteiger partial charge in [0.25, 0.3) is 0 Å². The molecule has 1 rings (SSSR count). The molecule has 2 heteroatoms. The molecule has 0 unspecified atom stereocenters. The quantitative estimate of drug-likeness (QED) is 0.845. The Balaban J connectivity index is 3.31. The number of nitrogens with one attached hydrogen (secondary N) is 1. The molecule has 1 aromatic carbocycles. The van der Waals surface area contributed by atoms with Crippen LogP contribution in [0.2, 0.25) is 0 Å². The van der Waals surface area contributed by atoms with E-state index in [-0.39, 0.29) is 10.8 Å². The first-order valence-electron chi connectivity index (χ1n) is 7.69. The predicted molar refractivity (Wildman–Crippen MR) is 92.0 cm³/mol. The van der Waals surface area contributed by atoms with Crippen LogP contribution in [0.5, 0.6) is 5.75 Å². The van der Waals surface area contributed by atoms with Gasteiger partial charge in [0.2, 0.25) is 0 Å². The third-order valence-electron chi connectivity index (χ3n) is 3.85. The number of aryl methyl sites for hydroxylation is 1. The Hall–Kier alpha value is -1.44. The number of rotatable bonds is 4. The van der Waals surface area contributed by atoms with Crippen LogP contribution < -0.4 is 5.32 Å². The molecule has 0 aliphatic rings. The summed E-state index contributed by atoms with van der Waals surface area (Å²) in [5.74, 6) is 0.450. The maximum atomic E-state index is 10.7. The predicted octanol–water partition coefficient (Wildman–Crippen LogP) is 4.65. The number of phenolic OH excluding ortho intramolecular Hbond substituents is 1. The van der Waals surface area contributed by atoms with Crippen molar-refractivity contribution in [3.8, 4) is 5.75 Å². The molecule has 21 heavy (non-hydrogen) atoms. The molecule has 1 aromatic rings. The lowest BCUT2D eigenvalue weighted by Gasteiger charge is -2.28. The van der Waals surface area contributed by atoms with Gasteiger partial charge in [0.05, 0.1) is 0 Å². The van der Waals surface area contributed by atoms with E-state index >= 15 is 0 Å². The van der Waals surface area contributed by atoms with Crippen molar-refractivity contribution in [3.05, 3.63) is 41.1 Å². The highest BCUT2D eigenvalue weighted by atomic mass is 16.3. The summed E-state index contributed by atoms with van der Waals surface area (Å²) in [6.07, 6.45) is 1.85. The molecular weight excluding hydrogens is 258 g/mol. The average Bonchev–Trinajstić information content (AvgIpc) is 2.34. The van der Waals surface area contributed by atoms with Crippen molar-refractivity contribution in [2.75, 3.05) is 7.05 Å². The Kier molecular flexibility index (Phi) is 5.14. The fraction of sp³-hybridized carbons (Fsp3) is 0.579. The molecular formula is C19H31NO. The summed E-state index contributed by atoms with van der Waals surface area (Å²) in [7, 11) is 1.90. The van der Waals surface area contributed by atoms with Crippen molar-refractivity contribution in [1.82, 2.24) is 5.32 Å². The van der Waals surface area contributed by atoms with Gasteiger partial charge in [-0.05, 0) is 40.4 Å². The van der Waals surface area contributed by atoms with E-state index in [0.29, 0.717) is 5.75 Å². The van der Waals surface area contributed by atoms with E-state index in [4.69, 9.17) is 0 Å². The second-order valence-electron chi connectivity index (χ2n) is 7.89. The largest absolute Gasteiger partial charge is 0.507 e. The second kappa shape index (κ2) is 6.13. The molecule has 0 amide bonds. The third kappa shape index (κ3) is 4.52. The van der Waals surface area contributed by atoms with Crippen molar-refractivity contribution < 1.29 is 5.11 Å². The number of benzene rings is 1. The number of hydrogen-bond donors (Lipinski definition) is 2. The minimum absolute atomic E-state index is 0.0693. The van der Waals surface area contributed by atoms with Gasteiger partial charge in [0, 0.05) is 12.7 Å². The van der Waals surface area contributed by atoms with Crippen LogP contribution in [0, 0.1) is 0 Å². The maximum Gasteiger partial charge on any atom is 0.123 e. The summed E-state index contributed by atoms with van der Waals surface area (Å²) in [4.78, 5) is 0. The van der Waals surface area contributed by atoms with Gasteiger partial charge in [-0.3, -0.25) is 0 Å². The number of hydrogen-bond acceptors (Lipinski definition) is 2. The van der Waals surface area contributed by atoms with Crippen LogP contribution in [0.15, 0.2) is 24.4 Å². The molecule has 0 aliphatic carbocycles. The van der Waals surface area contributed by atoms with Crippen LogP contribution >= 0.6 is 0 Å². The monoisotopic (exact) mass is 289 g/mol. The molecule has 0 atom stereocenters. The van der Waals surface area contributed by atoms with Crippen LogP contribution in [0.3, 0.4) is 0 Å².